The van der Waals surface area contributed by atoms with Crippen molar-refractivity contribution in [2.24, 2.45) is 5.73 Å². The van der Waals surface area contributed by atoms with Gasteiger partial charge in [0.05, 0.1) is 0 Å². The second kappa shape index (κ2) is 3.23. The number of aromatic amines is 1. The molecule has 2 heterocycles. The summed E-state index contributed by atoms with van der Waals surface area (Å²) in [6, 6.07) is 5.24. The Morgan fingerprint density at radius 3 is 3.07 bits per heavy atom. The summed E-state index contributed by atoms with van der Waals surface area (Å²) in [5, 5.41) is 0.902. The van der Waals surface area contributed by atoms with Gasteiger partial charge < -0.3 is 10.7 Å². The lowest BCUT2D eigenvalue weighted by Crippen LogP contribution is -2.19. The van der Waals surface area contributed by atoms with Gasteiger partial charge in [0.15, 0.2) is 0 Å². The monoisotopic (exact) mass is 189 g/mol. The Bertz CT molecular complexity index is 516. The first-order valence-corrected chi connectivity index (χ1v) is 4.42. The molecule has 0 saturated carbocycles. The summed E-state index contributed by atoms with van der Waals surface area (Å²) in [6.45, 7) is 1.78. The summed E-state index contributed by atoms with van der Waals surface area (Å²) in [5.74, 6) is 0. The number of aromatic nitrogens is 2. The van der Waals surface area contributed by atoms with Crippen molar-refractivity contribution in [1.82, 2.24) is 9.97 Å². The summed E-state index contributed by atoms with van der Waals surface area (Å²) in [6.07, 6.45) is 1.64. The molecule has 2 aromatic heterocycles. The van der Waals surface area contributed by atoms with Crippen LogP contribution in [0.2, 0.25) is 0 Å². The molecule has 14 heavy (non-hydrogen) atoms. The molecule has 2 aromatic rings. The molecule has 0 fully saturated rings. The van der Waals surface area contributed by atoms with Gasteiger partial charge in [-0.05, 0) is 25.1 Å². The van der Waals surface area contributed by atoms with E-state index in [4.69, 9.17) is 5.73 Å². The number of hydrogen-bond acceptors (Lipinski definition) is 3. The molecular formula is C10H11N3O. The highest BCUT2D eigenvalue weighted by atomic mass is 16.1. The van der Waals surface area contributed by atoms with Crippen molar-refractivity contribution in [3.8, 4) is 0 Å². The van der Waals surface area contributed by atoms with Crippen LogP contribution in [0.3, 0.4) is 0 Å². The third-order valence-electron chi connectivity index (χ3n) is 2.13. The van der Waals surface area contributed by atoms with E-state index in [0.29, 0.717) is 11.2 Å². The number of hydrogen-bond donors (Lipinski definition) is 2. The molecule has 4 heteroatoms. The van der Waals surface area contributed by atoms with Crippen LogP contribution in [0.15, 0.2) is 29.2 Å². The molecule has 0 saturated heterocycles. The van der Waals surface area contributed by atoms with Gasteiger partial charge in [-0.2, -0.15) is 0 Å². The zero-order valence-electron chi connectivity index (χ0n) is 7.82. The number of rotatable bonds is 1. The van der Waals surface area contributed by atoms with Gasteiger partial charge in [-0.3, -0.25) is 4.79 Å². The van der Waals surface area contributed by atoms with E-state index < -0.39 is 0 Å². The van der Waals surface area contributed by atoms with Gasteiger partial charge in [-0.25, -0.2) is 4.98 Å². The van der Waals surface area contributed by atoms with Crippen molar-refractivity contribution in [3.63, 3.8) is 0 Å². The summed E-state index contributed by atoms with van der Waals surface area (Å²) < 4.78 is 0. The average molecular weight is 189 g/mol. The SMILES string of the molecule is C[C@H](N)c1cc2cccnc2[nH]c1=O. The first-order valence-electron chi connectivity index (χ1n) is 4.42. The van der Waals surface area contributed by atoms with Gasteiger partial charge in [-0.1, -0.05) is 0 Å². The maximum atomic E-state index is 11.5. The van der Waals surface area contributed by atoms with Crippen molar-refractivity contribution in [1.29, 1.82) is 0 Å². The van der Waals surface area contributed by atoms with Crippen LogP contribution < -0.4 is 11.3 Å². The molecule has 72 valence electrons. The minimum absolute atomic E-state index is 0.161. The van der Waals surface area contributed by atoms with Crippen molar-refractivity contribution in [2.45, 2.75) is 13.0 Å². The Labute approximate surface area is 80.8 Å². The molecule has 0 bridgehead atoms. The molecule has 0 aromatic carbocycles. The Kier molecular flexibility index (Phi) is 2.05. The van der Waals surface area contributed by atoms with Crippen molar-refractivity contribution < 1.29 is 0 Å². The predicted octanol–water partition coefficient (Wildman–Crippen LogP) is 0.943. The lowest BCUT2D eigenvalue weighted by molar-refractivity contribution is 0.803. The van der Waals surface area contributed by atoms with Crippen LogP contribution in [-0.4, -0.2) is 9.97 Å². The third kappa shape index (κ3) is 1.40. The molecular weight excluding hydrogens is 178 g/mol. The standard InChI is InChI=1S/C10H11N3O/c1-6(11)8-5-7-3-2-4-12-9(7)13-10(8)14/h2-6H,11H2,1H3,(H,12,13,14)/t6-/m0/s1. The van der Waals surface area contributed by atoms with Gasteiger partial charge in [0.25, 0.3) is 5.56 Å². The molecule has 0 unspecified atom stereocenters. The predicted molar refractivity (Wildman–Crippen MR) is 55.0 cm³/mol. The van der Waals surface area contributed by atoms with Crippen LogP contribution in [0, 0.1) is 0 Å². The zero-order chi connectivity index (χ0) is 10.1. The zero-order valence-corrected chi connectivity index (χ0v) is 7.82. The van der Waals surface area contributed by atoms with Gasteiger partial charge in [-0.15, -0.1) is 0 Å². The van der Waals surface area contributed by atoms with E-state index in [9.17, 15) is 4.79 Å². The fourth-order valence-corrected chi connectivity index (χ4v) is 1.39. The van der Waals surface area contributed by atoms with Crippen LogP contribution in [0.4, 0.5) is 0 Å². The molecule has 0 aliphatic rings. The Hall–Kier alpha value is -1.68. The smallest absolute Gasteiger partial charge is 0.254 e. The number of nitrogens with one attached hydrogen (secondary N) is 1. The van der Waals surface area contributed by atoms with Gasteiger partial charge >= 0.3 is 0 Å². The van der Waals surface area contributed by atoms with Crippen LogP contribution in [0.5, 0.6) is 0 Å². The van der Waals surface area contributed by atoms with E-state index in [0.717, 1.165) is 5.39 Å². The molecule has 4 nitrogen and oxygen atoms in total. The van der Waals surface area contributed by atoms with Crippen LogP contribution >= 0.6 is 0 Å². The lowest BCUT2D eigenvalue weighted by Gasteiger charge is -2.04. The number of pyridine rings is 2. The van der Waals surface area contributed by atoms with E-state index in [1.165, 1.54) is 0 Å². The Morgan fingerprint density at radius 1 is 1.57 bits per heavy atom. The maximum absolute atomic E-state index is 11.5. The van der Waals surface area contributed by atoms with Gasteiger partial charge in [0, 0.05) is 23.2 Å². The highest BCUT2D eigenvalue weighted by Gasteiger charge is 2.06. The molecule has 0 aliphatic carbocycles. The lowest BCUT2D eigenvalue weighted by atomic mass is 10.1. The first kappa shape index (κ1) is 8.90. The number of H-pyrrole nitrogens is 1. The normalized spacial score (nSPS) is 13.0. The minimum atomic E-state index is -0.261. The van der Waals surface area contributed by atoms with E-state index in [-0.39, 0.29) is 11.6 Å². The minimum Gasteiger partial charge on any atom is -0.324 e. The molecule has 3 N–H and O–H groups in total. The molecule has 2 rings (SSSR count). The quantitative estimate of drug-likeness (QED) is 0.701. The molecule has 0 spiro atoms. The van der Waals surface area contributed by atoms with Gasteiger partial charge in [0.2, 0.25) is 0 Å². The number of fused-ring (bicyclic) bond motifs is 1. The summed E-state index contributed by atoms with van der Waals surface area (Å²) >= 11 is 0. The fraction of sp³-hybridized carbons (Fsp3) is 0.200. The Morgan fingerprint density at radius 2 is 2.36 bits per heavy atom. The van der Waals surface area contributed by atoms with Gasteiger partial charge in [0.1, 0.15) is 5.65 Å². The van der Waals surface area contributed by atoms with Crippen LogP contribution in [0.25, 0.3) is 11.0 Å². The van der Waals surface area contributed by atoms with E-state index >= 15 is 0 Å². The molecule has 0 amide bonds. The largest absolute Gasteiger partial charge is 0.324 e. The Balaban J connectivity index is 2.78. The molecule has 0 radical (unpaired) electrons. The summed E-state index contributed by atoms with van der Waals surface area (Å²) in [7, 11) is 0. The van der Waals surface area contributed by atoms with E-state index in [2.05, 4.69) is 9.97 Å². The number of nitrogens with zero attached hydrogens (tertiary/aromatic N) is 1. The second-order valence-corrected chi connectivity index (χ2v) is 3.28. The summed E-state index contributed by atoms with van der Waals surface area (Å²) in [5.41, 5.74) is 6.69. The maximum Gasteiger partial charge on any atom is 0.254 e. The highest BCUT2D eigenvalue weighted by molar-refractivity contribution is 5.74. The second-order valence-electron chi connectivity index (χ2n) is 3.28. The summed E-state index contributed by atoms with van der Waals surface area (Å²) in [4.78, 5) is 18.2. The van der Waals surface area contributed by atoms with Crippen LogP contribution in [-0.2, 0) is 0 Å². The van der Waals surface area contributed by atoms with Crippen molar-refractivity contribution >= 4 is 11.0 Å². The van der Waals surface area contributed by atoms with Crippen molar-refractivity contribution in [3.05, 3.63) is 40.3 Å². The van der Waals surface area contributed by atoms with E-state index in [1.807, 2.05) is 12.1 Å². The molecule has 1 atom stereocenters. The highest BCUT2D eigenvalue weighted by Crippen LogP contribution is 2.10. The number of nitrogens with two attached hydrogens (primary N) is 1. The fourth-order valence-electron chi connectivity index (χ4n) is 1.39. The first-order chi connectivity index (χ1) is 6.68. The molecule has 0 aliphatic heterocycles. The van der Waals surface area contributed by atoms with E-state index in [1.54, 1.807) is 19.2 Å². The van der Waals surface area contributed by atoms with Crippen molar-refractivity contribution in [2.75, 3.05) is 0 Å². The topological polar surface area (TPSA) is 71.8 Å². The van der Waals surface area contributed by atoms with Crippen LogP contribution in [0.1, 0.15) is 18.5 Å². The average Bonchev–Trinajstić information content (AvgIpc) is 2.16. The third-order valence-corrected chi connectivity index (χ3v) is 2.13.